The summed E-state index contributed by atoms with van der Waals surface area (Å²) in [5.74, 6) is 0.122. The topological polar surface area (TPSA) is 48.5 Å². The lowest BCUT2D eigenvalue weighted by Gasteiger charge is -2.32. The molecular weight excluding hydrogens is 300 g/mol. The largest absolute Gasteiger partial charge is 0.337 e. The van der Waals surface area contributed by atoms with Gasteiger partial charge in [0, 0.05) is 56.4 Å². The first-order valence-electron chi connectivity index (χ1n) is 8.83. The number of benzene rings is 1. The van der Waals surface area contributed by atoms with E-state index in [-0.39, 0.29) is 5.91 Å². The van der Waals surface area contributed by atoms with Crippen LogP contribution in [0.2, 0.25) is 0 Å². The molecule has 5 nitrogen and oxygen atoms in total. The van der Waals surface area contributed by atoms with Crippen LogP contribution in [0.25, 0.3) is 10.9 Å². The zero-order valence-electron chi connectivity index (χ0n) is 14.2. The molecule has 2 saturated heterocycles. The first-order valence-corrected chi connectivity index (χ1v) is 8.83. The van der Waals surface area contributed by atoms with Crippen molar-refractivity contribution in [2.24, 2.45) is 0 Å². The molecule has 2 fully saturated rings. The molecule has 2 aliphatic heterocycles. The van der Waals surface area contributed by atoms with E-state index in [1.165, 1.54) is 0 Å². The molecule has 24 heavy (non-hydrogen) atoms. The van der Waals surface area contributed by atoms with Gasteiger partial charge in [-0.3, -0.25) is 14.7 Å². The Balaban J connectivity index is 1.55. The molecule has 4 rings (SSSR count). The molecule has 2 aromatic rings. The Morgan fingerprint density at radius 2 is 2.00 bits per heavy atom. The smallest absolute Gasteiger partial charge is 0.256 e. The van der Waals surface area contributed by atoms with Crippen LogP contribution in [0.15, 0.2) is 30.3 Å². The molecule has 0 radical (unpaired) electrons. The van der Waals surface area contributed by atoms with E-state index in [1.54, 1.807) is 0 Å². The number of aromatic nitrogens is 1. The van der Waals surface area contributed by atoms with Gasteiger partial charge < -0.3 is 10.2 Å². The quantitative estimate of drug-likeness (QED) is 0.913. The van der Waals surface area contributed by atoms with Crippen molar-refractivity contribution in [2.75, 3.05) is 39.3 Å². The highest BCUT2D eigenvalue weighted by Gasteiger charge is 2.31. The molecule has 1 N–H and O–H groups in total. The Labute approximate surface area is 142 Å². The fourth-order valence-corrected chi connectivity index (χ4v) is 3.86. The van der Waals surface area contributed by atoms with Crippen LogP contribution in [0.1, 0.15) is 22.5 Å². The van der Waals surface area contributed by atoms with Crippen molar-refractivity contribution < 1.29 is 4.79 Å². The molecule has 5 heteroatoms. The minimum absolute atomic E-state index is 0.122. The van der Waals surface area contributed by atoms with Gasteiger partial charge >= 0.3 is 0 Å². The Morgan fingerprint density at radius 3 is 2.83 bits per heavy atom. The molecule has 0 spiro atoms. The summed E-state index contributed by atoms with van der Waals surface area (Å²) in [5, 5.41) is 4.42. The predicted molar refractivity (Wildman–Crippen MR) is 95.2 cm³/mol. The number of nitrogens with one attached hydrogen (secondary N) is 1. The Morgan fingerprint density at radius 1 is 1.17 bits per heavy atom. The number of aryl methyl sites for hydroxylation is 1. The lowest BCUT2D eigenvalue weighted by molar-refractivity contribution is 0.0775. The van der Waals surface area contributed by atoms with E-state index in [9.17, 15) is 4.79 Å². The molecule has 0 bridgehead atoms. The third kappa shape index (κ3) is 2.89. The van der Waals surface area contributed by atoms with Gasteiger partial charge in [-0.1, -0.05) is 18.2 Å². The van der Waals surface area contributed by atoms with E-state index in [1.807, 2.05) is 42.2 Å². The van der Waals surface area contributed by atoms with Crippen molar-refractivity contribution in [3.8, 4) is 0 Å². The molecule has 0 saturated carbocycles. The first-order chi connectivity index (χ1) is 11.7. The van der Waals surface area contributed by atoms with Crippen LogP contribution >= 0.6 is 0 Å². The van der Waals surface area contributed by atoms with Crippen LogP contribution in [-0.4, -0.2) is 66.0 Å². The number of hydrogen-bond acceptors (Lipinski definition) is 4. The van der Waals surface area contributed by atoms with Crippen molar-refractivity contribution >= 4 is 16.8 Å². The molecule has 1 aromatic carbocycles. The molecule has 1 aromatic heterocycles. The van der Waals surface area contributed by atoms with Crippen molar-refractivity contribution in [2.45, 2.75) is 19.4 Å². The van der Waals surface area contributed by atoms with Crippen molar-refractivity contribution in [1.29, 1.82) is 0 Å². The molecule has 1 amide bonds. The summed E-state index contributed by atoms with van der Waals surface area (Å²) in [5.41, 5.74) is 2.51. The summed E-state index contributed by atoms with van der Waals surface area (Å²) in [7, 11) is 0. The van der Waals surface area contributed by atoms with E-state index in [2.05, 4.69) is 15.2 Å². The van der Waals surface area contributed by atoms with Crippen LogP contribution in [0.3, 0.4) is 0 Å². The van der Waals surface area contributed by atoms with Gasteiger partial charge in [0.1, 0.15) is 0 Å². The number of nitrogens with zero attached hydrogens (tertiary/aromatic N) is 3. The van der Waals surface area contributed by atoms with Gasteiger partial charge in [0.25, 0.3) is 5.91 Å². The standard InChI is InChI=1S/C19H24N4O/c1-14-5-6-15-3-2-4-17(18(15)21-14)19(24)23-10-7-16(13-23)22-11-8-20-9-12-22/h2-6,16,20H,7-13H2,1H3. The second kappa shape index (κ2) is 6.49. The number of rotatable bonds is 2. The van der Waals surface area contributed by atoms with Crippen LogP contribution in [-0.2, 0) is 0 Å². The number of fused-ring (bicyclic) bond motifs is 1. The lowest BCUT2D eigenvalue weighted by Crippen LogP contribution is -2.49. The number of amides is 1. The van der Waals surface area contributed by atoms with E-state index >= 15 is 0 Å². The van der Waals surface area contributed by atoms with Crippen LogP contribution in [0, 0.1) is 6.92 Å². The zero-order valence-corrected chi connectivity index (χ0v) is 14.2. The van der Waals surface area contributed by atoms with Gasteiger partial charge in [-0.2, -0.15) is 0 Å². The van der Waals surface area contributed by atoms with Gasteiger partial charge in [-0.25, -0.2) is 0 Å². The normalized spacial score (nSPS) is 22.2. The van der Waals surface area contributed by atoms with E-state index in [0.717, 1.165) is 67.8 Å². The Kier molecular flexibility index (Phi) is 4.21. The van der Waals surface area contributed by atoms with Crippen LogP contribution < -0.4 is 5.32 Å². The minimum Gasteiger partial charge on any atom is -0.337 e. The third-order valence-corrected chi connectivity index (χ3v) is 5.21. The van der Waals surface area contributed by atoms with Gasteiger partial charge in [-0.05, 0) is 25.5 Å². The van der Waals surface area contributed by atoms with Gasteiger partial charge in [0.2, 0.25) is 0 Å². The zero-order chi connectivity index (χ0) is 16.5. The molecule has 0 aliphatic carbocycles. The second-order valence-electron chi connectivity index (χ2n) is 6.81. The fourth-order valence-electron chi connectivity index (χ4n) is 3.86. The number of hydrogen-bond donors (Lipinski definition) is 1. The molecule has 1 unspecified atom stereocenters. The highest BCUT2D eigenvalue weighted by molar-refractivity contribution is 6.05. The number of carbonyl (C=O) groups is 1. The number of likely N-dealkylation sites (tertiary alicyclic amines) is 1. The number of carbonyl (C=O) groups excluding carboxylic acids is 1. The highest BCUT2D eigenvalue weighted by Crippen LogP contribution is 2.23. The maximum absolute atomic E-state index is 13.1. The summed E-state index contributed by atoms with van der Waals surface area (Å²) in [6, 6.07) is 10.4. The predicted octanol–water partition coefficient (Wildman–Crippen LogP) is 1.66. The Hall–Kier alpha value is -1.98. The summed E-state index contributed by atoms with van der Waals surface area (Å²) in [4.78, 5) is 22.2. The number of piperazine rings is 1. The second-order valence-corrected chi connectivity index (χ2v) is 6.81. The van der Waals surface area contributed by atoms with E-state index in [0.29, 0.717) is 6.04 Å². The van der Waals surface area contributed by atoms with Crippen LogP contribution in [0.4, 0.5) is 0 Å². The fraction of sp³-hybridized carbons (Fsp3) is 0.474. The monoisotopic (exact) mass is 324 g/mol. The first kappa shape index (κ1) is 15.5. The van der Waals surface area contributed by atoms with Gasteiger partial charge in [0.15, 0.2) is 0 Å². The average molecular weight is 324 g/mol. The SMILES string of the molecule is Cc1ccc2cccc(C(=O)N3CCC(N4CCNCC4)C3)c2n1. The molecular formula is C19H24N4O. The number of pyridine rings is 1. The average Bonchev–Trinajstić information content (AvgIpc) is 3.11. The highest BCUT2D eigenvalue weighted by atomic mass is 16.2. The van der Waals surface area contributed by atoms with Crippen LogP contribution in [0.5, 0.6) is 0 Å². The van der Waals surface area contributed by atoms with E-state index in [4.69, 9.17) is 0 Å². The minimum atomic E-state index is 0.122. The lowest BCUT2D eigenvalue weighted by atomic mass is 10.1. The number of para-hydroxylation sites is 1. The van der Waals surface area contributed by atoms with Gasteiger partial charge in [0.05, 0.1) is 11.1 Å². The summed E-state index contributed by atoms with van der Waals surface area (Å²) in [6.45, 7) is 7.92. The molecule has 2 aliphatic rings. The summed E-state index contributed by atoms with van der Waals surface area (Å²) >= 11 is 0. The third-order valence-electron chi connectivity index (χ3n) is 5.21. The maximum Gasteiger partial charge on any atom is 0.256 e. The Bertz CT molecular complexity index is 754. The van der Waals surface area contributed by atoms with Crippen molar-refractivity contribution in [3.05, 3.63) is 41.6 Å². The summed E-state index contributed by atoms with van der Waals surface area (Å²) < 4.78 is 0. The molecule has 126 valence electrons. The molecule has 3 heterocycles. The summed E-state index contributed by atoms with van der Waals surface area (Å²) in [6.07, 6.45) is 1.07. The maximum atomic E-state index is 13.1. The van der Waals surface area contributed by atoms with Crippen molar-refractivity contribution in [1.82, 2.24) is 20.1 Å². The van der Waals surface area contributed by atoms with E-state index < -0.39 is 0 Å². The van der Waals surface area contributed by atoms with Gasteiger partial charge in [-0.15, -0.1) is 0 Å². The molecule has 1 atom stereocenters. The van der Waals surface area contributed by atoms with Crippen molar-refractivity contribution in [3.63, 3.8) is 0 Å².